The molecule has 1 saturated heterocycles. The molecule has 5 heterocycles. The standard InChI is InChI=1S/C28H25FN4O2/c29-25-13-20(7-9-30-25)26-24-12-22(14-31-28(24)32-27(26)21-8-11-35-17-21)19-5-3-18(4-6-19)15-33-10-1-2-23(34)16-33/h3-9,11-14,17,23,34H,1-2,10,15-16H2,(H,31,32). The summed E-state index contributed by atoms with van der Waals surface area (Å²) in [5, 5.41) is 10.8. The summed E-state index contributed by atoms with van der Waals surface area (Å²) in [7, 11) is 0. The summed E-state index contributed by atoms with van der Waals surface area (Å²) in [6, 6.07) is 15.7. The molecule has 0 bridgehead atoms. The van der Waals surface area contributed by atoms with E-state index in [9.17, 15) is 9.50 Å². The van der Waals surface area contributed by atoms with Crippen LogP contribution in [0.3, 0.4) is 0 Å². The number of H-pyrrole nitrogens is 1. The number of nitrogens with zero attached hydrogens (tertiary/aromatic N) is 3. The fraction of sp³-hybridized carbons (Fsp3) is 0.214. The van der Waals surface area contributed by atoms with Gasteiger partial charge in [0.2, 0.25) is 5.95 Å². The molecule has 5 aromatic rings. The van der Waals surface area contributed by atoms with E-state index in [4.69, 9.17) is 4.42 Å². The Morgan fingerprint density at radius 2 is 1.91 bits per heavy atom. The normalized spacial score (nSPS) is 16.7. The largest absolute Gasteiger partial charge is 0.472 e. The van der Waals surface area contributed by atoms with Gasteiger partial charge in [0.15, 0.2) is 0 Å². The SMILES string of the molecule is OC1CCCN(Cc2ccc(-c3cnc4[nH]c(-c5ccoc5)c(-c5ccnc(F)c5)c4c3)cc2)C1. The van der Waals surface area contributed by atoms with Gasteiger partial charge in [-0.05, 0) is 54.3 Å². The van der Waals surface area contributed by atoms with Crippen molar-refractivity contribution in [3.05, 3.63) is 85.0 Å². The van der Waals surface area contributed by atoms with Crippen molar-refractivity contribution in [3.63, 3.8) is 0 Å². The van der Waals surface area contributed by atoms with Gasteiger partial charge in [0, 0.05) is 53.6 Å². The van der Waals surface area contributed by atoms with Gasteiger partial charge in [0.1, 0.15) is 5.65 Å². The average Bonchev–Trinajstić information content (AvgIpc) is 3.52. The molecule has 0 aliphatic carbocycles. The molecule has 176 valence electrons. The molecule has 0 radical (unpaired) electrons. The number of aliphatic hydroxyl groups is 1. The Morgan fingerprint density at radius 3 is 2.69 bits per heavy atom. The van der Waals surface area contributed by atoms with E-state index in [1.165, 1.54) is 17.8 Å². The Morgan fingerprint density at radius 1 is 1.03 bits per heavy atom. The van der Waals surface area contributed by atoms with Gasteiger partial charge in [-0.15, -0.1) is 0 Å². The minimum absolute atomic E-state index is 0.225. The predicted molar refractivity (Wildman–Crippen MR) is 133 cm³/mol. The van der Waals surface area contributed by atoms with Crippen molar-refractivity contribution in [1.29, 1.82) is 0 Å². The first-order valence-corrected chi connectivity index (χ1v) is 11.8. The second kappa shape index (κ2) is 9.09. The first-order chi connectivity index (χ1) is 17.1. The van der Waals surface area contributed by atoms with Crippen LogP contribution in [0.25, 0.3) is 44.5 Å². The van der Waals surface area contributed by atoms with Gasteiger partial charge in [-0.2, -0.15) is 4.39 Å². The van der Waals surface area contributed by atoms with Crippen LogP contribution in [0, 0.1) is 5.95 Å². The van der Waals surface area contributed by atoms with Crippen molar-refractivity contribution < 1.29 is 13.9 Å². The zero-order chi connectivity index (χ0) is 23.8. The number of aromatic amines is 1. The number of furan rings is 1. The van der Waals surface area contributed by atoms with Crippen LogP contribution in [0.1, 0.15) is 18.4 Å². The molecule has 1 atom stereocenters. The summed E-state index contributed by atoms with van der Waals surface area (Å²) in [5.74, 6) is -0.532. The smallest absolute Gasteiger partial charge is 0.213 e. The molecule has 1 aliphatic rings. The van der Waals surface area contributed by atoms with Crippen LogP contribution < -0.4 is 0 Å². The number of hydrogen-bond donors (Lipinski definition) is 2. The molecule has 1 aromatic carbocycles. The highest BCUT2D eigenvalue weighted by Crippen LogP contribution is 2.39. The summed E-state index contributed by atoms with van der Waals surface area (Å²) >= 11 is 0. The lowest BCUT2D eigenvalue weighted by atomic mass is 9.98. The fourth-order valence-corrected chi connectivity index (χ4v) is 4.94. The Labute approximate surface area is 202 Å². The van der Waals surface area contributed by atoms with E-state index in [1.807, 2.05) is 12.3 Å². The number of piperidine rings is 1. The Hall–Kier alpha value is -3.81. The lowest BCUT2D eigenvalue weighted by Crippen LogP contribution is -2.37. The van der Waals surface area contributed by atoms with Crippen molar-refractivity contribution >= 4 is 11.0 Å². The molecule has 6 rings (SSSR count). The molecule has 1 aliphatic heterocycles. The van der Waals surface area contributed by atoms with Crippen LogP contribution in [-0.4, -0.2) is 44.2 Å². The molecule has 0 saturated carbocycles. The molecule has 1 fully saturated rings. The van der Waals surface area contributed by atoms with Gasteiger partial charge < -0.3 is 14.5 Å². The van der Waals surface area contributed by atoms with Crippen molar-refractivity contribution in [3.8, 4) is 33.5 Å². The van der Waals surface area contributed by atoms with E-state index in [0.717, 1.165) is 77.0 Å². The number of nitrogens with one attached hydrogen (secondary N) is 1. The number of halogens is 1. The van der Waals surface area contributed by atoms with E-state index in [0.29, 0.717) is 0 Å². The number of fused-ring (bicyclic) bond motifs is 1. The molecule has 0 spiro atoms. The van der Waals surface area contributed by atoms with Gasteiger partial charge in [0.25, 0.3) is 0 Å². The average molecular weight is 469 g/mol. The maximum Gasteiger partial charge on any atom is 0.213 e. The molecular weight excluding hydrogens is 443 g/mol. The fourth-order valence-electron chi connectivity index (χ4n) is 4.94. The molecular formula is C28H25FN4O2. The molecule has 1 unspecified atom stereocenters. The van der Waals surface area contributed by atoms with Crippen molar-refractivity contribution in [1.82, 2.24) is 19.9 Å². The quantitative estimate of drug-likeness (QED) is 0.326. The van der Waals surface area contributed by atoms with Crippen LogP contribution >= 0.6 is 0 Å². The van der Waals surface area contributed by atoms with Gasteiger partial charge in [-0.3, -0.25) is 4.90 Å². The molecule has 4 aromatic heterocycles. The monoisotopic (exact) mass is 468 g/mol. The van der Waals surface area contributed by atoms with Crippen LogP contribution in [-0.2, 0) is 6.54 Å². The zero-order valence-electron chi connectivity index (χ0n) is 19.1. The molecule has 7 heteroatoms. The van der Waals surface area contributed by atoms with Gasteiger partial charge in [-0.1, -0.05) is 24.3 Å². The number of benzene rings is 1. The third kappa shape index (κ3) is 4.36. The van der Waals surface area contributed by atoms with E-state index >= 15 is 0 Å². The summed E-state index contributed by atoms with van der Waals surface area (Å²) < 4.78 is 19.3. The summed E-state index contributed by atoms with van der Waals surface area (Å²) in [6.07, 6.45) is 8.30. The maximum absolute atomic E-state index is 14.0. The Kier molecular flexibility index (Phi) is 5.64. The number of hydrogen-bond acceptors (Lipinski definition) is 5. The van der Waals surface area contributed by atoms with Gasteiger partial charge in [0.05, 0.1) is 24.3 Å². The minimum atomic E-state index is -0.532. The van der Waals surface area contributed by atoms with E-state index in [-0.39, 0.29) is 6.10 Å². The summed E-state index contributed by atoms with van der Waals surface area (Å²) in [4.78, 5) is 14.1. The second-order valence-corrected chi connectivity index (χ2v) is 9.10. The highest BCUT2D eigenvalue weighted by molar-refractivity contribution is 6.03. The first kappa shape index (κ1) is 21.7. The number of β-amino-alcohol motifs (C(OH)–C–C–N with tert-alkyl or cyclic N) is 1. The maximum atomic E-state index is 14.0. The zero-order valence-corrected chi connectivity index (χ0v) is 19.1. The Bertz CT molecular complexity index is 1460. The lowest BCUT2D eigenvalue weighted by molar-refractivity contribution is 0.0668. The topological polar surface area (TPSA) is 78.2 Å². The third-order valence-corrected chi connectivity index (χ3v) is 6.65. The minimum Gasteiger partial charge on any atom is -0.472 e. The lowest BCUT2D eigenvalue weighted by Gasteiger charge is -2.29. The summed E-state index contributed by atoms with van der Waals surface area (Å²) in [6.45, 7) is 2.58. The van der Waals surface area contributed by atoms with Crippen molar-refractivity contribution in [2.24, 2.45) is 0 Å². The highest BCUT2D eigenvalue weighted by atomic mass is 19.1. The number of aromatic nitrogens is 3. The molecule has 2 N–H and O–H groups in total. The molecule has 6 nitrogen and oxygen atoms in total. The van der Waals surface area contributed by atoms with Crippen molar-refractivity contribution in [2.45, 2.75) is 25.5 Å². The number of rotatable bonds is 5. The summed E-state index contributed by atoms with van der Waals surface area (Å²) in [5.41, 5.74) is 7.24. The van der Waals surface area contributed by atoms with Gasteiger partial charge >= 0.3 is 0 Å². The Balaban J connectivity index is 1.37. The van der Waals surface area contributed by atoms with E-state index in [1.54, 1.807) is 18.6 Å². The van der Waals surface area contributed by atoms with E-state index in [2.05, 4.69) is 50.2 Å². The number of likely N-dealkylation sites (tertiary alicyclic amines) is 1. The van der Waals surface area contributed by atoms with E-state index < -0.39 is 5.95 Å². The van der Waals surface area contributed by atoms with Crippen LogP contribution in [0.2, 0.25) is 0 Å². The number of aliphatic hydroxyl groups excluding tert-OH is 1. The third-order valence-electron chi connectivity index (χ3n) is 6.65. The number of pyridine rings is 2. The predicted octanol–water partition coefficient (Wildman–Crippen LogP) is 5.65. The van der Waals surface area contributed by atoms with Crippen molar-refractivity contribution in [2.75, 3.05) is 13.1 Å². The highest BCUT2D eigenvalue weighted by Gasteiger charge is 2.19. The van der Waals surface area contributed by atoms with Crippen LogP contribution in [0.4, 0.5) is 4.39 Å². The van der Waals surface area contributed by atoms with Gasteiger partial charge in [-0.25, -0.2) is 9.97 Å². The van der Waals surface area contributed by atoms with Crippen LogP contribution in [0.5, 0.6) is 0 Å². The second-order valence-electron chi connectivity index (χ2n) is 9.10. The van der Waals surface area contributed by atoms with Crippen LogP contribution in [0.15, 0.2) is 77.9 Å². The first-order valence-electron chi connectivity index (χ1n) is 11.8. The molecule has 0 amide bonds. The molecule has 35 heavy (non-hydrogen) atoms.